The van der Waals surface area contributed by atoms with Gasteiger partial charge in [0.1, 0.15) is 12.2 Å². The Morgan fingerprint density at radius 1 is 0.968 bits per heavy atom. The number of rotatable bonds is 6. The first-order chi connectivity index (χ1) is 15.0. The van der Waals surface area contributed by atoms with Gasteiger partial charge < -0.3 is 19.0 Å². The number of carbonyl (C=O) groups excluding carboxylic acids is 1. The van der Waals surface area contributed by atoms with Gasteiger partial charge in [-0.3, -0.25) is 4.79 Å². The summed E-state index contributed by atoms with van der Waals surface area (Å²) < 4.78 is 15.6. The maximum absolute atomic E-state index is 12.4. The first-order valence-electron chi connectivity index (χ1n) is 9.67. The Kier molecular flexibility index (Phi) is 5.71. The minimum absolute atomic E-state index is 0.100. The van der Waals surface area contributed by atoms with Crippen LogP contribution in [0.4, 0.5) is 0 Å². The third-order valence-corrected chi connectivity index (χ3v) is 4.93. The minimum atomic E-state index is -0.598. The number of fused-ring (bicyclic) bond motifs is 1. The van der Waals surface area contributed by atoms with Gasteiger partial charge in [-0.05, 0) is 22.8 Å². The van der Waals surface area contributed by atoms with Crippen LogP contribution in [0.25, 0.3) is 22.1 Å². The summed E-state index contributed by atoms with van der Waals surface area (Å²) in [6, 6.07) is 21.8. The summed E-state index contributed by atoms with van der Waals surface area (Å²) in [5.41, 5.74) is 3.06. The van der Waals surface area contributed by atoms with Gasteiger partial charge in [0.2, 0.25) is 0 Å². The Balaban J connectivity index is 1.46. The Hall–Kier alpha value is -4.06. The number of esters is 1. The summed E-state index contributed by atoms with van der Waals surface area (Å²) in [4.78, 5) is 24.2. The zero-order valence-corrected chi connectivity index (χ0v) is 16.8. The SMILES string of the molecule is COc1cc2c(COC(=O)Cc3ccc(-c4ccccc4)cc3)cc(=O)oc2cc1O. The second kappa shape index (κ2) is 8.75. The molecule has 0 saturated heterocycles. The van der Waals surface area contributed by atoms with Crippen LogP contribution in [0.1, 0.15) is 11.1 Å². The maximum Gasteiger partial charge on any atom is 0.336 e. The van der Waals surface area contributed by atoms with E-state index in [9.17, 15) is 14.7 Å². The fourth-order valence-corrected chi connectivity index (χ4v) is 3.35. The van der Waals surface area contributed by atoms with Crippen LogP contribution in [-0.4, -0.2) is 18.2 Å². The van der Waals surface area contributed by atoms with Gasteiger partial charge in [0, 0.05) is 23.1 Å². The van der Waals surface area contributed by atoms with Crippen molar-refractivity contribution in [2.24, 2.45) is 0 Å². The van der Waals surface area contributed by atoms with Crippen LogP contribution in [-0.2, 0) is 22.6 Å². The average Bonchev–Trinajstić information content (AvgIpc) is 2.78. The van der Waals surface area contributed by atoms with E-state index in [1.165, 1.54) is 19.2 Å². The molecule has 31 heavy (non-hydrogen) atoms. The van der Waals surface area contributed by atoms with Gasteiger partial charge in [0.25, 0.3) is 0 Å². The maximum atomic E-state index is 12.4. The molecule has 0 fully saturated rings. The van der Waals surface area contributed by atoms with Crippen LogP contribution in [0.15, 0.2) is 82.0 Å². The number of aromatic hydroxyl groups is 1. The summed E-state index contributed by atoms with van der Waals surface area (Å²) in [7, 11) is 1.42. The van der Waals surface area contributed by atoms with Crippen LogP contribution < -0.4 is 10.4 Å². The molecule has 1 aromatic heterocycles. The van der Waals surface area contributed by atoms with E-state index in [2.05, 4.69) is 0 Å². The summed E-state index contributed by atoms with van der Waals surface area (Å²) in [5.74, 6) is -0.335. The lowest BCUT2D eigenvalue weighted by molar-refractivity contribution is -0.144. The predicted molar refractivity (Wildman–Crippen MR) is 116 cm³/mol. The number of phenolic OH excluding ortho intramolecular Hbond substituents is 1. The van der Waals surface area contributed by atoms with E-state index in [-0.39, 0.29) is 30.1 Å². The normalized spacial score (nSPS) is 10.7. The largest absolute Gasteiger partial charge is 0.504 e. The molecule has 0 atom stereocenters. The molecular formula is C25H20O6. The van der Waals surface area contributed by atoms with Crippen molar-refractivity contribution in [1.29, 1.82) is 0 Å². The highest BCUT2D eigenvalue weighted by Gasteiger charge is 2.13. The number of methoxy groups -OCH3 is 1. The van der Waals surface area contributed by atoms with Crippen molar-refractivity contribution in [3.8, 4) is 22.6 Å². The van der Waals surface area contributed by atoms with Gasteiger partial charge in [-0.15, -0.1) is 0 Å². The molecule has 0 radical (unpaired) electrons. The first-order valence-corrected chi connectivity index (χ1v) is 9.67. The highest BCUT2D eigenvalue weighted by molar-refractivity contribution is 5.84. The van der Waals surface area contributed by atoms with E-state index in [1.54, 1.807) is 6.07 Å². The van der Waals surface area contributed by atoms with Crippen molar-refractivity contribution in [3.63, 3.8) is 0 Å². The number of ether oxygens (including phenoxy) is 2. The molecule has 3 aromatic carbocycles. The van der Waals surface area contributed by atoms with E-state index in [0.717, 1.165) is 16.7 Å². The van der Waals surface area contributed by atoms with Crippen molar-refractivity contribution in [3.05, 3.63) is 94.3 Å². The Bertz CT molecular complexity index is 1270. The lowest BCUT2D eigenvalue weighted by Crippen LogP contribution is -2.10. The molecule has 1 N–H and O–H groups in total. The number of phenols is 1. The molecule has 0 aliphatic heterocycles. The Morgan fingerprint density at radius 2 is 1.68 bits per heavy atom. The highest BCUT2D eigenvalue weighted by atomic mass is 16.5. The first kappa shape index (κ1) is 20.2. The van der Waals surface area contributed by atoms with Crippen LogP contribution in [0, 0.1) is 0 Å². The van der Waals surface area contributed by atoms with E-state index in [1.807, 2.05) is 54.6 Å². The average molecular weight is 416 g/mol. The third kappa shape index (κ3) is 4.59. The summed E-state index contributed by atoms with van der Waals surface area (Å²) in [6.07, 6.45) is 0.110. The molecule has 0 aliphatic rings. The van der Waals surface area contributed by atoms with Gasteiger partial charge in [0.15, 0.2) is 11.5 Å². The fraction of sp³-hybridized carbons (Fsp3) is 0.120. The highest BCUT2D eigenvalue weighted by Crippen LogP contribution is 2.32. The minimum Gasteiger partial charge on any atom is -0.504 e. The van der Waals surface area contributed by atoms with Gasteiger partial charge in [-0.25, -0.2) is 4.79 Å². The molecule has 0 aliphatic carbocycles. The van der Waals surface area contributed by atoms with Crippen molar-refractivity contribution in [2.45, 2.75) is 13.0 Å². The Morgan fingerprint density at radius 3 is 2.39 bits per heavy atom. The quantitative estimate of drug-likeness (QED) is 0.369. The standard InChI is InChI=1S/C25H20O6/c1-29-23-13-20-19(12-25(28)31-22(20)14-21(23)26)15-30-24(27)11-16-7-9-18(10-8-16)17-5-3-2-4-6-17/h2-10,12-14,26H,11,15H2,1H3. The summed E-state index contributed by atoms with van der Waals surface area (Å²) in [5, 5.41) is 10.4. The third-order valence-electron chi connectivity index (χ3n) is 4.93. The molecule has 0 unspecified atom stereocenters. The van der Waals surface area contributed by atoms with Gasteiger partial charge in [-0.2, -0.15) is 0 Å². The Labute approximate surface area is 178 Å². The smallest absolute Gasteiger partial charge is 0.336 e. The molecule has 6 heteroatoms. The second-order valence-electron chi connectivity index (χ2n) is 7.01. The van der Waals surface area contributed by atoms with E-state index >= 15 is 0 Å². The molecule has 4 aromatic rings. The number of carbonyl (C=O) groups is 1. The number of benzene rings is 3. The van der Waals surface area contributed by atoms with Crippen molar-refractivity contribution in [2.75, 3.05) is 7.11 Å². The number of hydrogen-bond acceptors (Lipinski definition) is 6. The predicted octanol–water partition coefficient (Wildman–Crippen LogP) is 4.46. The molecule has 0 spiro atoms. The van der Waals surface area contributed by atoms with Gasteiger partial charge in [-0.1, -0.05) is 54.6 Å². The molecular weight excluding hydrogens is 396 g/mol. The lowest BCUT2D eigenvalue weighted by atomic mass is 10.0. The van der Waals surface area contributed by atoms with E-state index < -0.39 is 11.6 Å². The summed E-state index contributed by atoms with van der Waals surface area (Å²) in [6.45, 7) is -0.100. The zero-order valence-electron chi connectivity index (χ0n) is 16.8. The molecule has 156 valence electrons. The lowest BCUT2D eigenvalue weighted by Gasteiger charge is -2.10. The van der Waals surface area contributed by atoms with Gasteiger partial charge in [0.05, 0.1) is 13.5 Å². The van der Waals surface area contributed by atoms with Crippen molar-refractivity contribution >= 4 is 16.9 Å². The zero-order chi connectivity index (χ0) is 21.8. The van der Waals surface area contributed by atoms with Gasteiger partial charge >= 0.3 is 11.6 Å². The second-order valence-corrected chi connectivity index (χ2v) is 7.01. The topological polar surface area (TPSA) is 86.0 Å². The fourth-order valence-electron chi connectivity index (χ4n) is 3.35. The van der Waals surface area contributed by atoms with Crippen LogP contribution in [0.3, 0.4) is 0 Å². The van der Waals surface area contributed by atoms with Crippen LogP contribution >= 0.6 is 0 Å². The van der Waals surface area contributed by atoms with Crippen LogP contribution in [0.5, 0.6) is 11.5 Å². The van der Waals surface area contributed by atoms with E-state index in [4.69, 9.17) is 13.9 Å². The van der Waals surface area contributed by atoms with Crippen molar-refractivity contribution < 1.29 is 23.8 Å². The molecule has 6 nitrogen and oxygen atoms in total. The molecule has 0 saturated carbocycles. The number of hydrogen-bond donors (Lipinski definition) is 1. The van der Waals surface area contributed by atoms with Crippen molar-refractivity contribution in [1.82, 2.24) is 0 Å². The molecule has 0 bridgehead atoms. The molecule has 1 heterocycles. The monoisotopic (exact) mass is 416 g/mol. The molecule has 4 rings (SSSR count). The van der Waals surface area contributed by atoms with E-state index in [0.29, 0.717) is 10.9 Å². The molecule has 0 amide bonds. The summed E-state index contributed by atoms with van der Waals surface area (Å²) >= 11 is 0. The van der Waals surface area contributed by atoms with Crippen LogP contribution in [0.2, 0.25) is 0 Å².